The summed E-state index contributed by atoms with van der Waals surface area (Å²) < 4.78 is 54.2. The molecule has 21 heavy (non-hydrogen) atoms. The van der Waals surface area contributed by atoms with Gasteiger partial charge in [0, 0.05) is 6.42 Å². The number of esters is 1. The molecule has 0 aromatic carbocycles. The van der Waals surface area contributed by atoms with Crippen LogP contribution in [0.15, 0.2) is 0 Å². The number of hydrogen-bond donors (Lipinski definition) is 1. The molecule has 0 aliphatic heterocycles. The summed E-state index contributed by atoms with van der Waals surface area (Å²) in [5, 5.41) is 9.00. The molecule has 4 nitrogen and oxygen atoms in total. The predicted molar refractivity (Wildman–Crippen MR) is 66.3 cm³/mol. The highest BCUT2D eigenvalue weighted by molar-refractivity contribution is 5.81. The number of rotatable bonds is 7. The molecule has 0 rings (SSSR count). The van der Waals surface area contributed by atoms with Gasteiger partial charge in [0.05, 0.1) is 18.5 Å². The summed E-state index contributed by atoms with van der Waals surface area (Å²) in [5.74, 6) is -5.62. The van der Waals surface area contributed by atoms with Crippen molar-refractivity contribution >= 4 is 11.9 Å². The summed E-state index contributed by atoms with van der Waals surface area (Å²) in [6.45, 7) is 3.49. The highest BCUT2D eigenvalue weighted by Crippen LogP contribution is 2.30. The normalized spacial score (nSPS) is 15.4. The lowest BCUT2D eigenvalue weighted by atomic mass is 9.86. The molecule has 0 aromatic rings. The van der Waals surface area contributed by atoms with Crippen LogP contribution in [0.25, 0.3) is 0 Å². The first-order valence-electron chi connectivity index (χ1n) is 6.46. The second-order valence-electron chi connectivity index (χ2n) is 5.72. The SMILES string of the molecule is CC(C)(C)OC(=O)C(CCC(F)(F)F)[C@@H](CCF)C(=O)O. The molecule has 0 aromatic heterocycles. The van der Waals surface area contributed by atoms with Crippen LogP contribution in [0.2, 0.25) is 0 Å². The molecule has 8 heteroatoms. The first-order chi connectivity index (χ1) is 9.37. The molecule has 0 radical (unpaired) electrons. The van der Waals surface area contributed by atoms with Gasteiger partial charge in [-0.2, -0.15) is 13.2 Å². The van der Waals surface area contributed by atoms with Crippen molar-refractivity contribution in [2.45, 2.75) is 51.8 Å². The van der Waals surface area contributed by atoms with E-state index in [-0.39, 0.29) is 0 Å². The first kappa shape index (κ1) is 19.7. The monoisotopic (exact) mass is 316 g/mol. The van der Waals surface area contributed by atoms with Crippen LogP contribution >= 0.6 is 0 Å². The van der Waals surface area contributed by atoms with E-state index in [9.17, 15) is 27.2 Å². The van der Waals surface area contributed by atoms with E-state index in [2.05, 4.69) is 0 Å². The second-order valence-corrected chi connectivity index (χ2v) is 5.72. The quantitative estimate of drug-likeness (QED) is 0.578. The van der Waals surface area contributed by atoms with Crippen molar-refractivity contribution < 1.29 is 37.0 Å². The Kier molecular flexibility index (Phi) is 7.12. The number of carbonyl (C=O) groups is 2. The predicted octanol–water partition coefficient (Wildman–Crippen LogP) is 3.35. The summed E-state index contributed by atoms with van der Waals surface area (Å²) in [7, 11) is 0. The maximum Gasteiger partial charge on any atom is 0.389 e. The molecular weight excluding hydrogens is 296 g/mol. The van der Waals surface area contributed by atoms with Gasteiger partial charge >= 0.3 is 18.1 Å². The highest BCUT2D eigenvalue weighted by atomic mass is 19.4. The van der Waals surface area contributed by atoms with Gasteiger partial charge in [-0.3, -0.25) is 14.0 Å². The Morgan fingerprint density at radius 2 is 1.62 bits per heavy atom. The van der Waals surface area contributed by atoms with Crippen LogP contribution in [-0.4, -0.2) is 35.5 Å². The van der Waals surface area contributed by atoms with Gasteiger partial charge in [-0.05, 0) is 33.6 Å². The minimum atomic E-state index is -4.53. The third kappa shape index (κ3) is 8.52. The molecule has 0 bridgehead atoms. The van der Waals surface area contributed by atoms with Crippen molar-refractivity contribution in [3.63, 3.8) is 0 Å². The van der Waals surface area contributed by atoms with Gasteiger partial charge in [0.2, 0.25) is 0 Å². The Morgan fingerprint density at radius 3 is 1.95 bits per heavy atom. The molecule has 0 spiro atoms. The number of carboxylic acid groups (broad SMARTS) is 1. The van der Waals surface area contributed by atoms with Crippen LogP contribution in [0, 0.1) is 11.8 Å². The van der Waals surface area contributed by atoms with E-state index in [4.69, 9.17) is 9.84 Å². The zero-order valence-electron chi connectivity index (χ0n) is 12.2. The average molecular weight is 316 g/mol. The van der Waals surface area contributed by atoms with Crippen molar-refractivity contribution in [2.24, 2.45) is 11.8 Å². The Labute approximate surface area is 120 Å². The topological polar surface area (TPSA) is 63.6 Å². The lowest BCUT2D eigenvalue weighted by Gasteiger charge is -2.27. The van der Waals surface area contributed by atoms with Crippen LogP contribution in [-0.2, 0) is 14.3 Å². The van der Waals surface area contributed by atoms with Gasteiger partial charge in [-0.1, -0.05) is 0 Å². The van der Waals surface area contributed by atoms with Crippen LogP contribution in [0.3, 0.4) is 0 Å². The fraction of sp³-hybridized carbons (Fsp3) is 0.846. The van der Waals surface area contributed by atoms with E-state index in [1.165, 1.54) is 20.8 Å². The molecule has 0 aliphatic rings. The van der Waals surface area contributed by atoms with Crippen molar-refractivity contribution in [3.8, 4) is 0 Å². The second kappa shape index (κ2) is 7.61. The van der Waals surface area contributed by atoms with Gasteiger partial charge in [0.1, 0.15) is 5.60 Å². The van der Waals surface area contributed by atoms with Crippen LogP contribution < -0.4 is 0 Å². The Morgan fingerprint density at radius 1 is 1.10 bits per heavy atom. The smallest absolute Gasteiger partial charge is 0.389 e. The summed E-state index contributed by atoms with van der Waals surface area (Å²) >= 11 is 0. The van der Waals surface area contributed by atoms with E-state index in [1.807, 2.05) is 0 Å². The molecule has 0 saturated heterocycles. The summed E-state index contributed by atoms with van der Waals surface area (Å²) in [5.41, 5.74) is -0.966. The molecule has 2 atom stereocenters. The first-order valence-corrected chi connectivity index (χ1v) is 6.46. The number of carbonyl (C=O) groups excluding carboxylic acids is 1. The van der Waals surface area contributed by atoms with Crippen molar-refractivity contribution in [3.05, 3.63) is 0 Å². The number of carboxylic acids is 1. The number of hydrogen-bond acceptors (Lipinski definition) is 3. The molecule has 0 saturated carbocycles. The molecule has 1 unspecified atom stereocenters. The summed E-state index contributed by atoms with van der Waals surface area (Å²) in [6.07, 6.45) is -7.13. The number of ether oxygens (including phenoxy) is 1. The van der Waals surface area contributed by atoms with Crippen molar-refractivity contribution in [1.82, 2.24) is 0 Å². The lowest BCUT2D eigenvalue weighted by molar-refractivity contribution is -0.171. The minimum Gasteiger partial charge on any atom is -0.481 e. The van der Waals surface area contributed by atoms with E-state index in [1.54, 1.807) is 0 Å². The Balaban J connectivity index is 5.14. The molecule has 0 heterocycles. The Hall–Kier alpha value is -1.34. The van der Waals surface area contributed by atoms with Crippen LogP contribution in [0.5, 0.6) is 0 Å². The largest absolute Gasteiger partial charge is 0.481 e. The van der Waals surface area contributed by atoms with E-state index >= 15 is 0 Å². The third-order valence-electron chi connectivity index (χ3n) is 2.67. The molecule has 124 valence electrons. The average Bonchev–Trinajstić information content (AvgIpc) is 2.23. The standard InChI is InChI=1S/C13H20F4O4/c1-12(2,3)21-11(20)9(4-6-13(15,16)17)8(5-7-14)10(18)19/h8-9H,4-7H2,1-3H3,(H,18,19)/t8-,9?/m1/s1. The van der Waals surface area contributed by atoms with Gasteiger partial charge in [0.25, 0.3) is 0 Å². The molecule has 0 amide bonds. The van der Waals surface area contributed by atoms with Gasteiger partial charge < -0.3 is 9.84 Å². The number of halogens is 4. The maximum absolute atomic E-state index is 12.4. The summed E-state index contributed by atoms with van der Waals surface area (Å²) in [6, 6.07) is 0. The molecule has 0 fully saturated rings. The molecule has 1 N–H and O–H groups in total. The van der Waals surface area contributed by atoms with Gasteiger partial charge in [0.15, 0.2) is 0 Å². The van der Waals surface area contributed by atoms with E-state index in [0.29, 0.717) is 0 Å². The third-order valence-corrected chi connectivity index (χ3v) is 2.67. The van der Waals surface area contributed by atoms with Crippen molar-refractivity contribution in [1.29, 1.82) is 0 Å². The lowest BCUT2D eigenvalue weighted by Crippen LogP contribution is -2.36. The van der Waals surface area contributed by atoms with Gasteiger partial charge in [-0.15, -0.1) is 0 Å². The maximum atomic E-state index is 12.4. The zero-order valence-corrected chi connectivity index (χ0v) is 12.2. The fourth-order valence-electron chi connectivity index (χ4n) is 1.79. The molecule has 0 aliphatic carbocycles. The fourth-order valence-corrected chi connectivity index (χ4v) is 1.79. The highest BCUT2D eigenvalue weighted by Gasteiger charge is 2.39. The van der Waals surface area contributed by atoms with Crippen LogP contribution in [0.4, 0.5) is 17.6 Å². The number of alkyl halides is 4. The van der Waals surface area contributed by atoms with E-state index < -0.39 is 61.5 Å². The summed E-state index contributed by atoms with van der Waals surface area (Å²) in [4.78, 5) is 23.0. The van der Waals surface area contributed by atoms with Crippen molar-refractivity contribution in [2.75, 3.05) is 6.67 Å². The zero-order chi connectivity index (χ0) is 16.8. The molecular formula is C13H20F4O4. The Bertz CT molecular complexity index is 360. The minimum absolute atomic E-state index is 0.531. The van der Waals surface area contributed by atoms with Crippen LogP contribution in [0.1, 0.15) is 40.0 Å². The number of aliphatic carboxylic acids is 1. The van der Waals surface area contributed by atoms with E-state index in [0.717, 1.165) is 0 Å². The van der Waals surface area contributed by atoms with Gasteiger partial charge in [-0.25, -0.2) is 0 Å².